The van der Waals surface area contributed by atoms with Gasteiger partial charge in [-0.25, -0.2) is 4.79 Å². The van der Waals surface area contributed by atoms with E-state index < -0.39 is 22.6 Å². The summed E-state index contributed by atoms with van der Waals surface area (Å²) in [5.41, 5.74) is 0. The predicted octanol–water partition coefficient (Wildman–Crippen LogP) is 1.58. The zero-order valence-corrected chi connectivity index (χ0v) is 6.64. The summed E-state index contributed by atoms with van der Waals surface area (Å²) in [6.07, 6.45) is 0.551. The van der Waals surface area contributed by atoms with Crippen molar-refractivity contribution in [3.8, 4) is 0 Å². The molecule has 0 saturated carbocycles. The van der Waals surface area contributed by atoms with E-state index in [1.54, 1.807) is 0 Å². The van der Waals surface area contributed by atoms with Crippen molar-refractivity contribution in [2.24, 2.45) is 0 Å². The monoisotopic (exact) mass is 201 g/mol. The van der Waals surface area contributed by atoms with Crippen molar-refractivity contribution in [3.63, 3.8) is 0 Å². The summed E-state index contributed by atoms with van der Waals surface area (Å²) >= 11 is 0. The lowest BCUT2D eigenvalue weighted by Crippen LogP contribution is -1.93. The van der Waals surface area contributed by atoms with Gasteiger partial charge in [-0.05, 0) is 6.07 Å². The van der Waals surface area contributed by atoms with Gasteiger partial charge in [-0.3, -0.25) is 10.1 Å². The van der Waals surface area contributed by atoms with Crippen LogP contribution in [0.5, 0.6) is 0 Å². The largest absolute Gasteiger partial charge is 0.476 e. The Balaban J connectivity index is 2.93. The minimum Gasteiger partial charge on any atom is -0.476 e. The molecule has 0 atom stereocenters. The van der Waals surface area contributed by atoms with Crippen LogP contribution < -0.4 is 0 Å². The number of rotatable bonds is 3. The topological polar surface area (TPSA) is 93.6 Å². The van der Waals surface area contributed by atoms with E-state index in [2.05, 4.69) is 4.42 Å². The highest BCUT2D eigenvalue weighted by Crippen LogP contribution is 2.18. The highest BCUT2D eigenvalue weighted by atomic mass is 19.1. The lowest BCUT2D eigenvalue weighted by Gasteiger charge is -1.86. The maximum absolute atomic E-state index is 12.5. The van der Waals surface area contributed by atoms with Gasteiger partial charge in [-0.1, -0.05) is 0 Å². The molecule has 0 aliphatic heterocycles. The molecule has 0 aliphatic rings. The van der Waals surface area contributed by atoms with E-state index in [-0.39, 0.29) is 5.76 Å². The van der Waals surface area contributed by atoms with Gasteiger partial charge in [-0.2, -0.15) is 4.39 Å². The first kappa shape index (κ1) is 9.90. The molecule has 0 fully saturated rings. The first-order chi connectivity index (χ1) is 6.50. The Morgan fingerprint density at radius 3 is 2.71 bits per heavy atom. The van der Waals surface area contributed by atoms with Gasteiger partial charge in [0.25, 0.3) is 0 Å². The second kappa shape index (κ2) is 3.69. The lowest BCUT2D eigenvalue weighted by atomic mass is 10.4. The summed E-state index contributed by atoms with van der Waals surface area (Å²) in [6.45, 7) is 0. The standard InChI is InChI=1S/C7H4FNO5/c8-5(7(10)11)3-4-1-2-6(14-4)9(12)13/h1-3H,(H,10,11)/b5-3-. The van der Waals surface area contributed by atoms with Crippen molar-refractivity contribution in [1.82, 2.24) is 0 Å². The third kappa shape index (κ3) is 2.16. The Bertz CT molecular complexity index is 408. The fraction of sp³-hybridized carbons (Fsp3) is 0. The van der Waals surface area contributed by atoms with Crippen LogP contribution in [-0.2, 0) is 4.79 Å². The third-order valence-electron chi connectivity index (χ3n) is 1.27. The summed E-state index contributed by atoms with van der Waals surface area (Å²) in [6, 6.07) is 2.10. The van der Waals surface area contributed by atoms with Crippen LogP contribution in [0.25, 0.3) is 6.08 Å². The SMILES string of the molecule is O=C(O)/C(F)=C/c1ccc([N+](=O)[O-])o1. The van der Waals surface area contributed by atoms with Gasteiger partial charge in [-0.15, -0.1) is 0 Å². The molecule has 1 aromatic rings. The van der Waals surface area contributed by atoms with Gasteiger partial charge < -0.3 is 9.52 Å². The Hall–Kier alpha value is -2.18. The number of aliphatic carboxylic acids is 1. The van der Waals surface area contributed by atoms with Gasteiger partial charge in [0.15, 0.2) is 0 Å². The molecule has 0 spiro atoms. The maximum atomic E-state index is 12.5. The zero-order chi connectivity index (χ0) is 10.7. The number of hydrogen-bond donors (Lipinski definition) is 1. The van der Waals surface area contributed by atoms with Gasteiger partial charge in [0.1, 0.15) is 10.7 Å². The number of halogens is 1. The van der Waals surface area contributed by atoms with Gasteiger partial charge in [0.05, 0.1) is 6.07 Å². The predicted molar refractivity (Wildman–Crippen MR) is 42.1 cm³/mol. The number of furan rings is 1. The van der Waals surface area contributed by atoms with Crippen molar-refractivity contribution in [2.75, 3.05) is 0 Å². The molecule has 74 valence electrons. The molecular formula is C7H4FNO5. The van der Waals surface area contributed by atoms with Crippen LogP contribution in [0.4, 0.5) is 10.3 Å². The average molecular weight is 201 g/mol. The van der Waals surface area contributed by atoms with Crippen LogP contribution in [0, 0.1) is 10.1 Å². The quantitative estimate of drug-likeness (QED) is 0.455. The van der Waals surface area contributed by atoms with Crippen LogP contribution in [-0.4, -0.2) is 16.0 Å². The Morgan fingerprint density at radius 1 is 1.64 bits per heavy atom. The molecule has 1 aromatic heterocycles. The van der Waals surface area contributed by atoms with Gasteiger partial charge in [0, 0.05) is 6.08 Å². The smallest absolute Gasteiger partial charge is 0.433 e. The summed E-state index contributed by atoms with van der Waals surface area (Å²) < 4.78 is 16.9. The van der Waals surface area contributed by atoms with E-state index in [4.69, 9.17) is 5.11 Å². The molecule has 0 bridgehead atoms. The summed E-state index contributed by atoms with van der Waals surface area (Å²) in [4.78, 5) is 19.3. The molecule has 7 heteroatoms. The highest BCUT2D eigenvalue weighted by molar-refractivity contribution is 5.89. The number of nitrogens with zero attached hydrogens (tertiary/aromatic N) is 1. The molecule has 0 amide bonds. The molecule has 0 saturated heterocycles. The van der Waals surface area contributed by atoms with Crippen molar-refractivity contribution in [3.05, 3.63) is 33.8 Å². The molecule has 0 unspecified atom stereocenters. The molecule has 14 heavy (non-hydrogen) atoms. The van der Waals surface area contributed by atoms with Crippen LogP contribution in [0.2, 0.25) is 0 Å². The number of carbonyl (C=O) groups is 1. The molecule has 0 aliphatic carbocycles. The first-order valence-electron chi connectivity index (χ1n) is 3.35. The number of nitro groups is 1. The van der Waals surface area contributed by atoms with Crippen molar-refractivity contribution < 1.29 is 23.6 Å². The van der Waals surface area contributed by atoms with E-state index >= 15 is 0 Å². The average Bonchev–Trinajstić information content (AvgIpc) is 2.52. The van der Waals surface area contributed by atoms with E-state index in [0.29, 0.717) is 6.08 Å². The molecule has 1 N–H and O–H groups in total. The fourth-order valence-corrected chi connectivity index (χ4v) is 0.705. The van der Waals surface area contributed by atoms with Crippen molar-refractivity contribution in [2.45, 2.75) is 0 Å². The van der Waals surface area contributed by atoms with E-state index in [9.17, 15) is 19.3 Å². The molecule has 0 aromatic carbocycles. The van der Waals surface area contributed by atoms with Gasteiger partial charge >= 0.3 is 11.9 Å². The van der Waals surface area contributed by atoms with E-state index in [0.717, 1.165) is 12.1 Å². The minimum atomic E-state index is -1.76. The number of carboxylic acid groups (broad SMARTS) is 1. The molecule has 1 rings (SSSR count). The fourth-order valence-electron chi connectivity index (χ4n) is 0.705. The molecular weight excluding hydrogens is 197 g/mol. The van der Waals surface area contributed by atoms with Crippen LogP contribution >= 0.6 is 0 Å². The summed E-state index contributed by atoms with van der Waals surface area (Å²) in [5, 5.41) is 18.3. The van der Waals surface area contributed by atoms with Crippen LogP contribution in [0.1, 0.15) is 5.76 Å². The number of carboxylic acids is 1. The second-order valence-electron chi connectivity index (χ2n) is 2.23. The van der Waals surface area contributed by atoms with Gasteiger partial charge in [0.2, 0.25) is 5.83 Å². The molecule has 1 heterocycles. The summed E-state index contributed by atoms with van der Waals surface area (Å²) in [7, 11) is 0. The Labute approximate surface area is 76.4 Å². The van der Waals surface area contributed by atoms with Crippen molar-refractivity contribution in [1.29, 1.82) is 0 Å². The Kier molecular flexibility index (Phi) is 2.61. The first-order valence-corrected chi connectivity index (χ1v) is 3.35. The summed E-state index contributed by atoms with van der Waals surface area (Å²) in [5.74, 6) is -4.01. The zero-order valence-electron chi connectivity index (χ0n) is 6.64. The van der Waals surface area contributed by atoms with E-state index in [1.807, 2.05) is 0 Å². The second-order valence-corrected chi connectivity index (χ2v) is 2.23. The van der Waals surface area contributed by atoms with Crippen LogP contribution in [0.15, 0.2) is 22.4 Å². The van der Waals surface area contributed by atoms with Crippen molar-refractivity contribution >= 4 is 17.9 Å². The Morgan fingerprint density at radius 2 is 2.29 bits per heavy atom. The molecule has 0 radical (unpaired) electrons. The normalized spacial score (nSPS) is 11.4. The van der Waals surface area contributed by atoms with Crippen LogP contribution in [0.3, 0.4) is 0 Å². The molecule has 6 nitrogen and oxygen atoms in total. The minimum absolute atomic E-state index is 0.225. The maximum Gasteiger partial charge on any atom is 0.433 e. The number of hydrogen-bond acceptors (Lipinski definition) is 4. The third-order valence-corrected chi connectivity index (χ3v) is 1.27. The highest BCUT2D eigenvalue weighted by Gasteiger charge is 2.12. The van der Waals surface area contributed by atoms with E-state index in [1.165, 1.54) is 0 Å². The lowest BCUT2D eigenvalue weighted by molar-refractivity contribution is -0.402.